The molecule has 0 N–H and O–H groups in total. The summed E-state index contributed by atoms with van der Waals surface area (Å²) in [7, 11) is 2.01. The van der Waals surface area contributed by atoms with Crippen LogP contribution in [-0.4, -0.2) is 71.1 Å². The second-order valence-corrected chi connectivity index (χ2v) is 10.2. The molecule has 1 atom stereocenters. The summed E-state index contributed by atoms with van der Waals surface area (Å²) in [6.45, 7) is 7.98. The standard InChI is InChI=1S/C25H29F3N4O3S/c1-15(2)35-23(34)21-16(3)29-24-32(22(21)17-5-7-18(8-6-17)25(26,27)28)19(14-36-24)13-20(33)31-11-9-30(4)10-12-31/h5-8,14-15,22H,9-13H2,1-4H3. The second kappa shape index (κ2) is 10.3. The van der Waals surface area contributed by atoms with Gasteiger partial charge in [-0.15, -0.1) is 0 Å². The van der Waals surface area contributed by atoms with Gasteiger partial charge in [0.25, 0.3) is 0 Å². The van der Waals surface area contributed by atoms with Crippen molar-refractivity contribution in [1.82, 2.24) is 14.7 Å². The predicted octanol–water partition coefficient (Wildman–Crippen LogP) is 4.40. The van der Waals surface area contributed by atoms with E-state index in [-0.39, 0.29) is 17.9 Å². The number of esters is 1. The Kier molecular flexibility index (Phi) is 7.51. The van der Waals surface area contributed by atoms with Crippen LogP contribution in [0.1, 0.15) is 44.4 Å². The summed E-state index contributed by atoms with van der Waals surface area (Å²) in [5, 5.41) is 2.40. The molecule has 1 unspecified atom stereocenters. The van der Waals surface area contributed by atoms with Gasteiger partial charge in [0.15, 0.2) is 5.17 Å². The maximum atomic E-state index is 13.2. The van der Waals surface area contributed by atoms with Crippen molar-refractivity contribution >= 4 is 28.8 Å². The molecule has 0 spiro atoms. The zero-order valence-electron chi connectivity index (χ0n) is 20.6. The minimum Gasteiger partial charge on any atom is -0.459 e. The van der Waals surface area contributed by atoms with Crippen LogP contribution in [-0.2, 0) is 20.5 Å². The molecule has 7 nitrogen and oxygen atoms in total. The highest BCUT2D eigenvalue weighted by atomic mass is 32.2. The number of alkyl halides is 3. The van der Waals surface area contributed by atoms with Crippen molar-refractivity contribution in [3.05, 3.63) is 57.8 Å². The number of allylic oxidation sites excluding steroid dienone is 1. The molecule has 1 amide bonds. The van der Waals surface area contributed by atoms with Crippen LogP contribution in [0, 0.1) is 0 Å². The molecule has 1 fully saturated rings. The lowest BCUT2D eigenvalue weighted by Crippen LogP contribution is -2.47. The smallest absolute Gasteiger partial charge is 0.416 e. The van der Waals surface area contributed by atoms with Gasteiger partial charge in [-0.1, -0.05) is 23.9 Å². The van der Waals surface area contributed by atoms with Crippen LogP contribution < -0.4 is 0 Å². The fraction of sp³-hybridized carbons (Fsp3) is 0.480. The highest BCUT2D eigenvalue weighted by Crippen LogP contribution is 2.45. The number of rotatable bonds is 5. The first-order valence-corrected chi connectivity index (χ1v) is 12.6. The quantitative estimate of drug-likeness (QED) is 0.535. The molecule has 11 heteroatoms. The molecule has 0 aromatic heterocycles. The molecule has 4 rings (SSSR count). The van der Waals surface area contributed by atoms with Gasteiger partial charge in [-0.3, -0.25) is 4.79 Å². The molecule has 3 aliphatic heterocycles. The molecule has 194 valence electrons. The lowest BCUT2D eigenvalue weighted by Gasteiger charge is -2.37. The number of hydrogen-bond donors (Lipinski definition) is 0. The molecule has 1 aromatic rings. The number of aliphatic imine (C=N–C) groups is 1. The topological polar surface area (TPSA) is 65.5 Å². The highest BCUT2D eigenvalue weighted by molar-refractivity contribution is 8.16. The van der Waals surface area contributed by atoms with Crippen molar-refractivity contribution in [3.63, 3.8) is 0 Å². The van der Waals surface area contributed by atoms with Gasteiger partial charge in [0, 0.05) is 31.9 Å². The Hall–Kier alpha value is -2.79. The van der Waals surface area contributed by atoms with E-state index in [2.05, 4.69) is 9.89 Å². The first-order valence-electron chi connectivity index (χ1n) is 11.7. The van der Waals surface area contributed by atoms with Crippen molar-refractivity contribution < 1.29 is 27.5 Å². The minimum absolute atomic E-state index is 0.0417. The van der Waals surface area contributed by atoms with Crippen LogP contribution in [0.3, 0.4) is 0 Å². The Balaban J connectivity index is 1.69. The number of fused-ring (bicyclic) bond motifs is 1. The summed E-state index contributed by atoms with van der Waals surface area (Å²) in [4.78, 5) is 36.6. The lowest BCUT2D eigenvalue weighted by atomic mass is 9.93. The predicted molar refractivity (Wildman–Crippen MR) is 132 cm³/mol. The van der Waals surface area contributed by atoms with Crippen LogP contribution >= 0.6 is 11.8 Å². The van der Waals surface area contributed by atoms with E-state index in [0.29, 0.717) is 35.2 Å². The molecule has 1 aromatic carbocycles. The zero-order chi connectivity index (χ0) is 26.2. The van der Waals surface area contributed by atoms with Gasteiger partial charge >= 0.3 is 12.1 Å². The number of hydrogen-bond acceptors (Lipinski definition) is 7. The minimum atomic E-state index is -4.48. The fourth-order valence-electron chi connectivity index (χ4n) is 4.40. The molecule has 0 radical (unpaired) electrons. The Bertz CT molecular complexity index is 1120. The van der Waals surface area contributed by atoms with Crippen molar-refractivity contribution in [3.8, 4) is 0 Å². The number of piperazine rings is 1. The Morgan fingerprint density at radius 3 is 2.36 bits per heavy atom. The molecule has 0 bridgehead atoms. The largest absolute Gasteiger partial charge is 0.459 e. The molecule has 36 heavy (non-hydrogen) atoms. The van der Waals surface area contributed by atoms with Gasteiger partial charge < -0.3 is 19.4 Å². The summed E-state index contributed by atoms with van der Waals surface area (Å²) in [5.74, 6) is -0.628. The van der Waals surface area contributed by atoms with Crippen molar-refractivity contribution in [1.29, 1.82) is 0 Å². The van der Waals surface area contributed by atoms with E-state index < -0.39 is 29.9 Å². The van der Waals surface area contributed by atoms with Crippen molar-refractivity contribution in [2.24, 2.45) is 4.99 Å². The zero-order valence-corrected chi connectivity index (χ0v) is 21.4. The number of carbonyl (C=O) groups is 2. The van der Waals surface area contributed by atoms with Gasteiger partial charge in [-0.05, 0) is 50.9 Å². The summed E-state index contributed by atoms with van der Waals surface area (Å²) < 4.78 is 45.2. The highest BCUT2D eigenvalue weighted by Gasteiger charge is 2.42. The number of benzene rings is 1. The molecule has 3 heterocycles. The number of amidine groups is 1. The van der Waals surface area contributed by atoms with Crippen LogP contribution in [0.25, 0.3) is 0 Å². The number of halogens is 3. The summed E-state index contributed by atoms with van der Waals surface area (Å²) in [6.07, 6.45) is -4.77. The second-order valence-electron chi connectivity index (χ2n) is 9.33. The Morgan fingerprint density at radius 2 is 1.78 bits per heavy atom. The maximum absolute atomic E-state index is 13.2. The Morgan fingerprint density at radius 1 is 1.14 bits per heavy atom. The maximum Gasteiger partial charge on any atom is 0.416 e. The van der Waals surface area contributed by atoms with E-state index in [0.717, 1.165) is 25.2 Å². The van der Waals surface area contributed by atoms with E-state index in [1.165, 1.54) is 23.9 Å². The van der Waals surface area contributed by atoms with Crippen molar-refractivity contribution in [2.45, 2.75) is 45.5 Å². The third-order valence-corrected chi connectivity index (χ3v) is 7.19. The fourth-order valence-corrected chi connectivity index (χ4v) is 5.36. The van der Waals surface area contributed by atoms with E-state index in [4.69, 9.17) is 4.74 Å². The molecular formula is C25H29F3N4O3S. The van der Waals surface area contributed by atoms with Gasteiger partial charge in [-0.25, -0.2) is 9.79 Å². The van der Waals surface area contributed by atoms with Crippen LogP contribution in [0.4, 0.5) is 13.2 Å². The van der Waals surface area contributed by atoms with E-state index in [9.17, 15) is 22.8 Å². The number of carbonyl (C=O) groups excluding carboxylic acids is 2. The van der Waals surface area contributed by atoms with E-state index in [1.54, 1.807) is 25.7 Å². The van der Waals surface area contributed by atoms with Crippen molar-refractivity contribution in [2.75, 3.05) is 33.2 Å². The number of thioether (sulfide) groups is 1. The first kappa shape index (κ1) is 26.3. The van der Waals surface area contributed by atoms with Gasteiger partial charge in [-0.2, -0.15) is 13.2 Å². The number of ether oxygens (including phenoxy) is 1. The number of amides is 1. The molecular weight excluding hydrogens is 493 g/mol. The average Bonchev–Trinajstić information content (AvgIpc) is 3.19. The number of likely N-dealkylation sites (N-methyl/N-ethyl adjacent to an activating group) is 1. The average molecular weight is 523 g/mol. The third-order valence-electron chi connectivity index (χ3n) is 6.31. The van der Waals surface area contributed by atoms with Crippen LogP contribution in [0.5, 0.6) is 0 Å². The third kappa shape index (κ3) is 5.46. The van der Waals surface area contributed by atoms with Crippen LogP contribution in [0.2, 0.25) is 0 Å². The van der Waals surface area contributed by atoms with E-state index >= 15 is 0 Å². The molecule has 1 saturated heterocycles. The summed E-state index contributed by atoms with van der Waals surface area (Å²) >= 11 is 1.33. The van der Waals surface area contributed by atoms with Crippen LogP contribution in [0.15, 0.2) is 51.6 Å². The first-order chi connectivity index (χ1) is 17.0. The normalized spacial score (nSPS) is 20.9. The number of nitrogens with zero attached hydrogens (tertiary/aromatic N) is 4. The van der Waals surface area contributed by atoms with Gasteiger partial charge in [0.2, 0.25) is 5.91 Å². The lowest BCUT2D eigenvalue weighted by molar-refractivity contribution is -0.143. The Labute approximate surface area is 212 Å². The molecule has 3 aliphatic rings. The molecule has 0 aliphatic carbocycles. The SMILES string of the molecule is CC1=C(C(=O)OC(C)C)C(c2ccc(C(F)(F)F)cc2)N2C(CC(=O)N3CCN(C)CC3)=CSC2=N1. The summed E-state index contributed by atoms with van der Waals surface area (Å²) in [6, 6.07) is 3.98. The van der Waals surface area contributed by atoms with Gasteiger partial charge in [0.05, 0.1) is 35.4 Å². The molecule has 0 saturated carbocycles. The monoisotopic (exact) mass is 522 g/mol. The van der Waals surface area contributed by atoms with E-state index in [1.807, 2.05) is 17.4 Å². The van der Waals surface area contributed by atoms with Gasteiger partial charge in [0.1, 0.15) is 0 Å². The summed E-state index contributed by atoms with van der Waals surface area (Å²) in [5.41, 5.74) is 1.03.